The normalized spacial score (nSPS) is 11.9. The van der Waals surface area contributed by atoms with E-state index in [9.17, 15) is 4.79 Å². The zero-order valence-electron chi connectivity index (χ0n) is 9.92. The third kappa shape index (κ3) is 3.47. The van der Waals surface area contributed by atoms with Crippen LogP contribution >= 0.6 is 11.6 Å². The number of benzene rings is 2. The molecule has 0 aromatic heterocycles. The van der Waals surface area contributed by atoms with Gasteiger partial charge in [0.1, 0.15) is 17.5 Å². The van der Waals surface area contributed by atoms with Gasteiger partial charge in [-0.2, -0.15) is 0 Å². The molecule has 0 aliphatic heterocycles. The van der Waals surface area contributed by atoms with Crippen molar-refractivity contribution in [2.45, 2.75) is 6.04 Å². The Morgan fingerprint density at radius 1 is 1.16 bits per heavy atom. The quantitative estimate of drug-likeness (QED) is 0.900. The lowest BCUT2D eigenvalue weighted by molar-refractivity contribution is -0.138. The zero-order valence-corrected chi connectivity index (χ0v) is 10.7. The summed E-state index contributed by atoms with van der Waals surface area (Å²) < 4.78 is 5.60. The third-order valence-corrected chi connectivity index (χ3v) is 2.78. The number of hydrogen-bond acceptors (Lipinski definition) is 3. The van der Waals surface area contributed by atoms with E-state index in [4.69, 9.17) is 27.2 Å². The Morgan fingerprint density at radius 2 is 1.84 bits per heavy atom. The molecule has 0 amide bonds. The van der Waals surface area contributed by atoms with Crippen LogP contribution in [0.25, 0.3) is 0 Å². The molecule has 2 aromatic rings. The minimum atomic E-state index is -1.08. The van der Waals surface area contributed by atoms with Crippen LogP contribution in [0, 0.1) is 0 Å². The summed E-state index contributed by atoms with van der Waals surface area (Å²) in [6, 6.07) is 12.5. The average Bonchev–Trinajstić information content (AvgIpc) is 2.41. The van der Waals surface area contributed by atoms with Gasteiger partial charge in [0, 0.05) is 5.02 Å². The molecule has 0 saturated carbocycles. The number of hydrogen-bond donors (Lipinski definition) is 2. The van der Waals surface area contributed by atoms with Gasteiger partial charge in [0.25, 0.3) is 0 Å². The standard InChI is InChI=1S/C14H12ClNO3/c15-10-4-6-11(7-5-10)19-12-3-1-2-9(8-12)13(16)14(17)18/h1-8,13H,16H2,(H,17,18)/t13-/m0/s1. The van der Waals surface area contributed by atoms with Crippen LogP contribution in [0.4, 0.5) is 0 Å². The van der Waals surface area contributed by atoms with E-state index in [1.165, 1.54) is 0 Å². The van der Waals surface area contributed by atoms with Crippen LogP contribution in [0.1, 0.15) is 11.6 Å². The molecule has 1 atom stereocenters. The molecule has 0 bridgehead atoms. The highest BCUT2D eigenvalue weighted by Gasteiger charge is 2.14. The van der Waals surface area contributed by atoms with Gasteiger partial charge in [-0.15, -0.1) is 0 Å². The van der Waals surface area contributed by atoms with Crippen molar-refractivity contribution in [3.8, 4) is 11.5 Å². The Hall–Kier alpha value is -2.04. The number of carbonyl (C=O) groups is 1. The van der Waals surface area contributed by atoms with Crippen LogP contribution in [0.3, 0.4) is 0 Å². The minimum absolute atomic E-state index is 0.485. The second kappa shape index (κ2) is 5.73. The summed E-state index contributed by atoms with van der Waals surface area (Å²) in [7, 11) is 0. The van der Waals surface area contributed by atoms with Gasteiger partial charge < -0.3 is 15.6 Å². The number of nitrogens with two attached hydrogens (primary N) is 1. The first-order chi connectivity index (χ1) is 9.06. The predicted octanol–water partition coefficient (Wildman–Crippen LogP) is 3.22. The number of rotatable bonds is 4. The fourth-order valence-corrected chi connectivity index (χ4v) is 1.68. The van der Waals surface area contributed by atoms with Crippen molar-refractivity contribution in [3.63, 3.8) is 0 Å². The van der Waals surface area contributed by atoms with E-state index >= 15 is 0 Å². The molecule has 0 unspecified atom stereocenters. The molecule has 0 radical (unpaired) electrons. The van der Waals surface area contributed by atoms with Crippen LogP contribution in [0.2, 0.25) is 5.02 Å². The van der Waals surface area contributed by atoms with Gasteiger partial charge in [-0.05, 0) is 42.0 Å². The maximum absolute atomic E-state index is 10.8. The summed E-state index contributed by atoms with van der Waals surface area (Å²) in [5, 5.41) is 9.49. The molecule has 5 heteroatoms. The van der Waals surface area contributed by atoms with Crippen LogP contribution in [0.5, 0.6) is 11.5 Å². The highest BCUT2D eigenvalue weighted by molar-refractivity contribution is 6.30. The smallest absolute Gasteiger partial charge is 0.325 e. The van der Waals surface area contributed by atoms with Gasteiger partial charge in [-0.3, -0.25) is 4.79 Å². The summed E-state index contributed by atoms with van der Waals surface area (Å²) in [6.45, 7) is 0. The molecular weight excluding hydrogens is 266 g/mol. The Labute approximate surface area is 115 Å². The maximum atomic E-state index is 10.8. The maximum Gasteiger partial charge on any atom is 0.325 e. The third-order valence-electron chi connectivity index (χ3n) is 2.53. The molecule has 19 heavy (non-hydrogen) atoms. The molecule has 2 aromatic carbocycles. The first-order valence-corrected chi connectivity index (χ1v) is 5.96. The second-order valence-electron chi connectivity index (χ2n) is 3.94. The lowest BCUT2D eigenvalue weighted by atomic mass is 10.1. The van der Waals surface area contributed by atoms with Gasteiger partial charge >= 0.3 is 5.97 Å². The second-order valence-corrected chi connectivity index (χ2v) is 4.38. The van der Waals surface area contributed by atoms with Crippen LogP contribution < -0.4 is 10.5 Å². The molecule has 0 saturated heterocycles. The lowest BCUT2D eigenvalue weighted by Crippen LogP contribution is -2.20. The highest BCUT2D eigenvalue weighted by atomic mass is 35.5. The van der Waals surface area contributed by atoms with Gasteiger partial charge in [0.15, 0.2) is 0 Å². The van der Waals surface area contributed by atoms with E-state index in [1.54, 1.807) is 48.5 Å². The van der Waals surface area contributed by atoms with Crippen molar-refractivity contribution in [1.82, 2.24) is 0 Å². The minimum Gasteiger partial charge on any atom is -0.480 e. The van der Waals surface area contributed by atoms with Crippen molar-refractivity contribution in [2.75, 3.05) is 0 Å². The SMILES string of the molecule is N[C@H](C(=O)O)c1cccc(Oc2ccc(Cl)cc2)c1. The molecule has 0 spiro atoms. The van der Waals surface area contributed by atoms with E-state index in [0.717, 1.165) is 0 Å². The van der Waals surface area contributed by atoms with Gasteiger partial charge in [-0.1, -0.05) is 23.7 Å². The van der Waals surface area contributed by atoms with E-state index in [2.05, 4.69) is 0 Å². The van der Waals surface area contributed by atoms with Crippen LogP contribution in [-0.2, 0) is 4.79 Å². The van der Waals surface area contributed by atoms with E-state index < -0.39 is 12.0 Å². The fourth-order valence-electron chi connectivity index (χ4n) is 1.55. The first-order valence-electron chi connectivity index (χ1n) is 5.58. The van der Waals surface area contributed by atoms with Gasteiger partial charge in [0.05, 0.1) is 0 Å². The molecule has 2 rings (SSSR count). The fraction of sp³-hybridized carbons (Fsp3) is 0.0714. The van der Waals surface area contributed by atoms with E-state index in [1.807, 2.05) is 0 Å². The molecular formula is C14H12ClNO3. The molecule has 0 aliphatic carbocycles. The van der Waals surface area contributed by atoms with E-state index in [0.29, 0.717) is 22.1 Å². The summed E-state index contributed by atoms with van der Waals surface area (Å²) >= 11 is 5.78. The Balaban J connectivity index is 2.19. The number of ether oxygens (including phenoxy) is 1. The average molecular weight is 278 g/mol. The van der Waals surface area contributed by atoms with Crippen molar-refractivity contribution in [3.05, 3.63) is 59.1 Å². The van der Waals surface area contributed by atoms with Crippen LogP contribution in [-0.4, -0.2) is 11.1 Å². The van der Waals surface area contributed by atoms with Crippen LogP contribution in [0.15, 0.2) is 48.5 Å². The number of carboxylic acid groups (broad SMARTS) is 1. The summed E-state index contributed by atoms with van der Waals surface area (Å²) in [5.74, 6) is 0.0608. The Morgan fingerprint density at radius 3 is 2.47 bits per heavy atom. The number of aliphatic carboxylic acids is 1. The molecule has 3 N–H and O–H groups in total. The zero-order chi connectivity index (χ0) is 13.8. The highest BCUT2D eigenvalue weighted by Crippen LogP contribution is 2.25. The number of halogens is 1. The summed E-state index contributed by atoms with van der Waals surface area (Å²) in [6.07, 6.45) is 0. The Kier molecular flexibility index (Phi) is 4.04. The Bertz CT molecular complexity index is 583. The molecule has 0 aliphatic rings. The van der Waals surface area contributed by atoms with Crippen molar-refractivity contribution < 1.29 is 14.6 Å². The molecule has 98 valence electrons. The van der Waals surface area contributed by atoms with Crippen molar-refractivity contribution in [2.24, 2.45) is 5.73 Å². The van der Waals surface area contributed by atoms with Crippen molar-refractivity contribution in [1.29, 1.82) is 0 Å². The lowest BCUT2D eigenvalue weighted by Gasteiger charge is -2.10. The topological polar surface area (TPSA) is 72.6 Å². The van der Waals surface area contributed by atoms with E-state index in [-0.39, 0.29) is 0 Å². The summed E-state index contributed by atoms with van der Waals surface area (Å²) in [4.78, 5) is 10.8. The molecule has 0 fully saturated rings. The number of carboxylic acids is 1. The first kappa shape index (κ1) is 13.4. The van der Waals surface area contributed by atoms with Gasteiger partial charge in [-0.25, -0.2) is 0 Å². The summed E-state index contributed by atoms with van der Waals surface area (Å²) in [5.41, 5.74) is 6.03. The predicted molar refractivity (Wildman–Crippen MR) is 72.5 cm³/mol. The molecule has 0 heterocycles. The monoisotopic (exact) mass is 277 g/mol. The largest absolute Gasteiger partial charge is 0.480 e. The van der Waals surface area contributed by atoms with Crippen molar-refractivity contribution >= 4 is 17.6 Å². The molecule has 4 nitrogen and oxygen atoms in total. The van der Waals surface area contributed by atoms with Gasteiger partial charge in [0.2, 0.25) is 0 Å².